The summed E-state index contributed by atoms with van der Waals surface area (Å²) < 4.78 is 10.6. The number of ether oxygens (including phenoxy) is 2. The van der Waals surface area contributed by atoms with Gasteiger partial charge in [0.05, 0.1) is 20.4 Å². The molecular weight excluding hydrogens is 390 g/mol. The molecule has 7 nitrogen and oxygen atoms in total. The van der Waals surface area contributed by atoms with Crippen LogP contribution in [-0.4, -0.2) is 34.2 Å². The number of hydrogen-bond acceptors (Lipinski definition) is 6. The molecule has 0 amide bonds. The van der Waals surface area contributed by atoms with Gasteiger partial charge < -0.3 is 19.8 Å². The second-order valence-electron chi connectivity index (χ2n) is 6.43. The Labute approximate surface area is 173 Å². The molecule has 0 radical (unpaired) electrons. The number of pyridine rings is 3. The molecule has 0 aliphatic carbocycles. The molecule has 4 aromatic heterocycles. The third-order valence-electron chi connectivity index (χ3n) is 4.64. The highest BCUT2D eigenvalue weighted by Crippen LogP contribution is 2.26. The van der Waals surface area contributed by atoms with Crippen molar-refractivity contribution in [3.8, 4) is 11.6 Å². The highest BCUT2D eigenvalue weighted by molar-refractivity contribution is 6.30. The van der Waals surface area contributed by atoms with E-state index < -0.39 is 0 Å². The number of nitrogens with one attached hydrogen (secondary N) is 2. The number of nitrogens with zero attached hydrogens (tertiary/aromatic N) is 3. The van der Waals surface area contributed by atoms with Crippen LogP contribution in [0.4, 0.5) is 5.82 Å². The summed E-state index contributed by atoms with van der Waals surface area (Å²) in [6.45, 7) is 0.535. The molecular formula is C21H20ClN5O2. The van der Waals surface area contributed by atoms with Crippen LogP contribution < -0.4 is 14.8 Å². The van der Waals surface area contributed by atoms with Gasteiger partial charge in [-0.15, -0.1) is 0 Å². The lowest BCUT2D eigenvalue weighted by atomic mass is 10.1. The summed E-state index contributed by atoms with van der Waals surface area (Å²) in [6, 6.07) is 9.68. The van der Waals surface area contributed by atoms with Gasteiger partial charge in [0.2, 0.25) is 5.88 Å². The number of fused-ring (bicyclic) bond motifs is 1. The standard InChI is InChI=1S/C21H20ClN5O2/c1-28-16-9-17-15(11-25-20(17)26-12-16)8-13-5-6-18(27-19(13)22)24-10-14-4-3-7-23-21(14)29-2/h3-7,9,11-12H,8,10H2,1-2H3,(H,24,27)(H,25,26). The minimum atomic E-state index is 0.457. The maximum absolute atomic E-state index is 6.46. The molecule has 0 aromatic carbocycles. The Kier molecular flexibility index (Phi) is 5.48. The summed E-state index contributed by atoms with van der Waals surface area (Å²) >= 11 is 6.46. The molecule has 0 bridgehead atoms. The molecule has 2 N–H and O–H groups in total. The van der Waals surface area contributed by atoms with Crippen molar-refractivity contribution in [2.45, 2.75) is 13.0 Å². The number of halogens is 1. The maximum atomic E-state index is 6.46. The number of aromatic nitrogens is 4. The van der Waals surface area contributed by atoms with Gasteiger partial charge in [0.1, 0.15) is 22.4 Å². The lowest BCUT2D eigenvalue weighted by Gasteiger charge is -2.10. The Morgan fingerprint density at radius 2 is 1.97 bits per heavy atom. The Morgan fingerprint density at radius 3 is 2.76 bits per heavy atom. The van der Waals surface area contributed by atoms with Crippen molar-refractivity contribution in [3.05, 3.63) is 70.8 Å². The van der Waals surface area contributed by atoms with Crippen molar-refractivity contribution < 1.29 is 9.47 Å². The molecule has 0 fully saturated rings. The predicted octanol–water partition coefficient (Wildman–Crippen LogP) is 4.23. The average molecular weight is 410 g/mol. The van der Waals surface area contributed by atoms with Gasteiger partial charge in [-0.25, -0.2) is 15.0 Å². The Bertz CT molecular complexity index is 1150. The first-order chi connectivity index (χ1) is 14.2. The van der Waals surface area contributed by atoms with Crippen LogP contribution in [-0.2, 0) is 13.0 Å². The number of anilines is 1. The minimum Gasteiger partial charge on any atom is -0.495 e. The highest BCUT2D eigenvalue weighted by atomic mass is 35.5. The molecule has 148 valence electrons. The van der Waals surface area contributed by atoms with E-state index in [0.29, 0.717) is 35.6 Å². The molecule has 0 saturated carbocycles. The first kappa shape index (κ1) is 19.0. The maximum Gasteiger partial charge on any atom is 0.218 e. The molecule has 4 aromatic rings. The lowest BCUT2D eigenvalue weighted by Crippen LogP contribution is -2.05. The largest absolute Gasteiger partial charge is 0.495 e. The normalized spacial score (nSPS) is 10.9. The summed E-state index contributed by atoms with van der Waals surface area (Å²) in [4.78, 5) is 16.2. The van der Waals surface area contributed by atoms with Gasteiger partial charge in [-0.1, -0.05) is 23.7 Å². The second kappa shape index (κ2) is 8.36. The third-order valence-corrected chi connectivity index (χ3v) is 4.96. The van der Waals surface area contributed by atoms with Crippen LogP contribution in [0.15, 0.2) is 48.9 Å². The van der Waals surface area contributed by atoms with E-state index in [0.717, 1.165) is 27.7 Å². The van der Waals surface area contributed by atoms with Gasteiger partial charge in [-0.05, 0) is 29.3 Å². The monoisotopic (exact) mass is 409 g/mol. The van der Waals surface area contributed by atoms with Gasteiger partial charge in [0.25, 0.3) is 0 Å². The summed E-state index contributed by atoms with van der Waals surface area (Å²) in [7, 11) is 3.23. The molecule has 0 spiro atoms. The lowest BCUT2D eigenvalue weighted by molar-refractivity contribution is 0.393. The zero-order valence-electron chi connectivity index (χ0n) is 16.1. The Balaban J connectivity index is 1.50. The van der Waals surface area contributed by atoms with Gasteiger partial charge in [-0.2, -0.15) is 0 Å². The topological polar surface area (TPSA) is 85.0 Å². The smallest absolute Gasteiger partial charge is 0.218 e. The molecule has 0 aliphatic rings. The molecule has 4 heterocycles. The molecule has 0 aliphatic heterocycles. The fourth-order valence-corrected chi connectivity index (χ4v) is 3.34. The zero-order valence-corrected chi connectivity index (χ0v) is 16.8. The molecule has 0 atom stereocenters. The first-order valence-corrected chi connectivity index (χ1v) is 9.43. The van der Waals surface area contributed by atoms with Crippen LogP contribution in [0, 0.1) is 0 Å². The van der Waals surface area contributed by atoms with E-state index in [1.807, 2.05) is 36.5 Å². The zero-order chi connectivity index (χ0) is 20.2. The second-order valence-corrected chi connectivity index (χ2v) is 6.79. The van der Waals surface area contributed by atoms with Crippen molar-refractivity contribution >= 4 is 28.5 Å². The summed E-state index contributed by atoms with van der Waals surface area (Å²) in [5.41, 5.74) is 3.77. The van der Waals surface area contributed by atoms with Gasteiger partial charge in [0.15, 0.2) is 0 Å². The Morgan fingerprint density at radius 1 is 1.07 bits per heavy atom. The van der Waals surface area contributed by atoms with Crippen molar-refractivity contribution in [1.29, 1.82) is 0 Å². The third kappa shape index (κ3) is 4.09. The highest BCUT2D eigenvalue weighted by Gasteiger charge is 2.11. The van der Waals surface area contributed by atoms with Gasteiger partial charge in [0, 0.05) is 36.3 Å². The molecule has 0 saturated heterocycles. The van der Waals surface area contributed by atoms with E-state index in [4.69, 9.17) is 21.1 Å². The van der Waals surface area contributed by atoms with Crippen molar-refractivity contribution in [2.24, 2.45) is 0 Å². The van der Waals surface area contributed by atoms with Crippen LogP contribution in [0.5, 0.6) is 11.6 Å². The van der Waals surface area contributed by atoms with Crippen LogP contribution in [0.25, 0.3) is 11.0 Å². The number of hydrogen-bond donors (Lipinski definition) is 2. The van der Waals surface area contributed by atoms with Crippen molar-refractivity contribution in [3.63, 3.8) is 0 Å². The van der Waals surface area contributed by atoms with E-state index >= 15 is 0 Å². The summed E-state index contributed by atoms with van der Waals surface area (Å²) in [6.07, 6.45) is 5.96. The van der Waals surface area contributed by atoms with Crippen LogP contribution in [0.1, 0.15) is 16.7 Å². The van der Waals surface area contributed by atoms with Crippen LogP contribution in [0.3, 0.4) is 0 Å². The fourth-order valence-electron chi connectivity index (χ4n) is 3.12. The Hall–Kier alpha value is -3.32. The number of methoxy groups -OCH3 is 2. The first-order valence-electron chi connectivity index (χ1n) is 9.05. The van der Waals surface area contributed by atoms with E-state index in [1.54, 1.807) is 26.6 Å². The van der Waals surface area contributed by atoms with Gasteiger partial charge in [-0.3, -0.25) is 0 Å². The van der Waals surface area contributed by atoms with Crippen LogP contribution in [0.2, 0.25) is 5.15 Å². The number of rotatable bonds is 7. The SMILES string of the molecule is COc1cnc2[nH]cc(Cc3ccc(NCc4cccnc4OC)nc3Cl)c2c1. The number of aromatic amines is 1. The molecule has 29 heavy (non-hydrogen) atoms. The average Bonchev–Trinajstić information content (AvgIpc) is 3.16. The van der Waals surface area contributed by atoms with E-state index in [9.17, 15) is 0 Å². The van der Waals surface area contributed by atoms with E-state index in [2.05, 4.69) is 25.3 Å². The van der Waals surface area contributed by atoms with Crippen molar-refractivity contribution in [1.82, 2.24) is 19.9 Å². The van der Waals surface area contributed by atoms with Crippen LogP contribution >= 0.6 is 11.6 Å². The molecule has 4 rings (SSSR count). The summed E-state index contributed by atoms with van der Waals surface area (Å²) in [5.74, 6) is 1.99. The molecule has 8 heteroatoms. The summed E-state index contributed by atoms with van der Waals surface area (Å²) in [5, 5.41) is 4.72. The number of H-pyrrole nitrogens is 1. The van der Waals surface area contributed by atoms with E-state index in [-0.39, 0.29) is 0 Å². The fraction of sp³-hybridized carbons (Fsp3) is 0.190. The predicted molar refractivity (Wildman–Crippen MR) is 113 cm³/mol. The van der Waals surface area contributed by atoms with E-state index in [1.165, 1.54) is 0 Å². The minimum absolute atomic E-state index is 0.457. The van der Waals surface area contributed by atoms with Gasteiger partial charge >= 0.3 is 0 Å². The van der Waals surface area contributed by atoms with Crippen molar-refractivity contribution in [2.75, 3.05) is 19.5 Å². The quantitative estimate of drug-likeness (QED) is 0.444. The molecule has 0 unspecified atom stereocenters.